The van der Waals surface area contributed by atoms with E-state index < -0.39 is 0 Å². The van der Waals surface area contributed by atoms with Crippen molar-refractivity contribution in [2.75, 3.05) is 0 Å². The van der Waals surface area contributed by atoms with Gasteiger partial charge in [-0.1, -0.05) is 6.58 Å². The lowest BCUT2D eigenvalue weighted by Gasteiger charge is -2.15. The fourth-order valence-corrected chi connectivity index (χ4v) is 0.204. The Kier molecular flexibility index (Phi) is 2.25. The van der Waals surface area contributed by atoms with E-state index in [9.17, 15) is 0 Å². The van der Waals surface area contributed by atoms with Crippen molar-refractivity contribution >= 4 is 6.72 Å². The van der Waals surface area contributed by atoms with E-state index in [1.807, 2.05) is 13.8 Å². The average molecular weight is 113 g/mol. The summed E-state index contributed by atoms with van der Waals surface area (Å²) < 4.78 is 0. The molecule has 0 heterocycles. The molecule has 0 aromatic heterocycles. The molecule has 0 bridgehead atoms. The number of hydrogen-bond donors (Lipinski definition) is 0. The van der Waals surface area contributed by atoms with Crippen LogP contribution in [0.3, 0.4) is 0 Å². The van der Waals surface area contributed by atoms with E-state index >= 15 is 0 Å². The summed E-state index contributed by atoms with van der Waals surface area (Å²) in [5.41, 5.74) is -0.373. The molecule has 0 radical (unpaired) electrons. The highest BCUT2D eigenvalue weighted by Gasteiger charge is 2.11. The standard InChI is InChI=1S/C6H11NO/c1-5-6(2,3)8-7-4/h5H,1,4H2,2-3H3. The van der Waals surface area contributed by atoms with Crippen molar-refractivity contribution in [1.29, 1.82) is 0 Å². The molecule has 46 valence electrons. The van der Waals surface area contributed by atoms with Crippen LogP contribution in [0, 0.1) is 0 Å². The minimum atomic E-state index is -0.373. The predicted molar refractivity (Wildman–Crippen MR) is 34.9 cm³/mol. The zero-order valence-electron chi connectivity index (χ0n) is 5.35. The van der Waals surface area contributed by atoms with Gasteiger partial charge >= 0.3 is 0 Å². The van der Waals surface area contributed by atoms with Gasteiger partial charge in [-0.05, 0) is 19.9 Å². The summed E-state index contributed by atoms with van der Waals surface area (Å²) in [4.78, 5) is 4.77. The first-order valence-electron chi connectivity index (χ1n) is 2.40. The molecule has 0 aromatic rings. The van der Waals surface area contributed by atoms with Gasteiger partial charge in [-0.2, -0.15) is 0 Å². The SMILES string of the molecule is C=CC(C)(C)ON=C. The molecule has 0 atom stereocenters. The van der Waals surface area contributed by atoms with Crippen LogP contribution in [-0.4, -0.2) is 12.3 Å². The summed E-state index contributed by atoms with van der Waals surface area (Å²) in [5, 5.41) is 3.26. The van der Waals surface area contributed by atoms with Gasteiger partial charge in [-0.25, -0.2) is 0 Å². The number of rotatable bonds is 3. The van der Waals surface area contributed by atoms with E-state index in [1.165, 1.54) is 0 Å². The average Bonchev–Trinajstić information content (AvgIpc) is 1.67. The van der Waals surface area contributed by atoms with Gasteiger partial charge < -0.3 is 4.84 Å². The molecule has 0 fully saturated rings. The van der Waals surface area contributed by atoms with Crippen LogP contribution in [0.25, 0.3) is 0 Å². The minimum absolute atomic E-state index is 0.373. The largest absolute Gasteiger partial charge is 0.386 e. The van der Waals surface area contributed by atoms with Gasteiger partial charge in [0.15, 0.2) is 0 Å². The highest BCUT2D eigenvalue weighted by molar-refractivity contribution is 5.21. The van der Waals surface area contributed by atoms with Crippen molar-refractivity contribution < 1.29 is 4.84 Å². The highest BCUT2D eigenvalue weighted by Crippen LogP contribution is 2.08. The van der Waals surface area contributed by atoms with Crippen LogP contribution >= 0.6 is 0 Å². The molecule has 2 heteroatoms. The van der Waals surface area contributed by atoms with Gasteiger partial charge in [0, 0.05) is 6.72 Å². The molecule has 0 saturated heterocycles. The first-order chi connectivity index (χ1) is 3.62. The summed E-state index contributed by atoms with van der Waals surface area (Å²) in [6, 6.07) is 0. The predicted octanol–water partition coefficient (Wildman–Crippen LogP) is 1.58. The Morgan fingerprint density at radius 3 is 2.25 bits per heavy atom. The summed E-state index contributed by atoms with van der Waals surface area (Å²) >= 11 is 0. The molecule has 0 saturated carbocycles. The van der Waals surface area contributed by atoms with Crippen molar-refractivity contribution in [1.82, 2.24) is 0 Å². The van der Waals surface area contributed by atoms with Crippen LogP contribution in [0.4, 0.5) is 0 Å². The molecule has 8 heavy (non-hydrogen) atoms. The molecule has 2 nitrogen and oxygen atoms in total. The third-order valence-electron chi connectivity index (χ3n) is 0.791. The lowest BCUT2D eigenvalue weighted by atomic mass is 10.1. The lowest BCUT2D eigenvalue weighted by molar-refractivity contribution is 0.0264. The van der Waals surface area contributed by atoms with Gasteiger partial charge in [0.25, 0.3) is 0 Å². The summed E-state index contributed by atoms with van der Waals surface area (Å²) in [6.07, 6.45) is 1.67. The van der Waals surface area contributed by atoms with Crippen LogP contribution in [0.5, 0.6) is 0 Å². The minimum Gasteiger partial charge on any atom is -0.386 e. The molecular formula is C6H11NO. The van der Waals surface area contributed by atoms with Gasteiger partial charge in [0.1, 0.15) is 5.60 Å². The smallest absolute Gasteiger partial charge is 0.150 e. The molecule has 0 aliphatic carbocycles. The number of nitrogens with zero attached hydrogens (tertiary/aromatic N) is 1. The Balaban J connectivity index is 3.70. The van der Waals surface area contributed by atoms with E-state index in [0.29, 0.717) is 0 Å². The third-order valence-corrected chi connectivity index (χ3v) is 0.791. The maximum Gasteiger partial charge on any atom is 0.150 e. The molecule has 0 rings (SSSR count). The van der Waals surface area contributed by atoms with Crippen molar-refractivity contribution in [3.8, 4) is 0 Å². The third kappa shape index (κ3) is 2.39. The Labute approximate surface area is 49.8 Å². The van der Waals surface area contributed by atoms with Crippen molar-refractivity contribution in [2.45, 2.75) is 19.4 Å². The summed E-state index contributed by atoms with van der Waals surface area (Å²) in [5.74, 6) is 0. The Morgan fingerprint density at radius 2 is 2.12 bits per heavy atom. The van der Waals surface area contributed by atoms with E-state index in [4.69, 9.17) is 4.84 Å². The first kappa shape index (κ1) is 7.21. The van der Waals surface area contributed by atoms with E-state index in [2.05, 4.69) is 18.5 Å². The second kappa shape index (κ2) is 2.50. The summed E-state index contributed by atoms with van der Waals surface area (Å²) in [7, 11) is 0. The monoisotopic (exact) mass is 113 g/mol. The van der Waals surface area contributed by atoms with Gasteiger partial charge in [0.05, 0.1) is 0 Å². The van der Waals surface area contributed by atoms with Gasteiger partial charge in [0.2, 0.25) is 0 Å². The topological polar surface area (TPSA) is 21.6 Å². The zero-order chi connectivity index (χ0) is 6.62. The van der Waals surface area contributed by atoms with Crippen LogP contribution in [0.1, 0.15) is 13.8 Å². The Bertz CT molecular complexity index is 96.7. The fraction of sp³-hybridized carbons (Fsp3) is 0.500. The van der Waals surface area contributed by atoms with Crippen LogP contribution in [0.2, 0.25) is 0 Å². The van der Waals surface area contributed by atoms with Gasteiger partial charge in [-0.15, -0.1) is 5.16 Å². The number of hydrogen-bond acceptors (Lipinski definition) is 2. The molecule has 0 aromatic carbocycles. The molecule has 0 spiro atoms. The molecule has 0 aliphatic heterocycles. The second-order valence-electron chi connectivity index (χ2n) is 2.03. The van der Waals surface area contributed by atoms with Crippen LogP contribution in [-0.2, 0) is 4.84 Å². The molecule has 0 amide bonds. The highest BCUT2D eigenvalue weighted by atomic mass is 16.6. The molecule has 0 unspecified atom stereocenters. The zero-order valence-corrected chi connectivity index (χ0v) is 5.35. The Hall–Kier alpha value is -0.790. The lowest BCUT2D eigenvalue weighted by Crippen LogP contribution is -2.16. The normalized spacial score (nSPS) is 10.2. The van der Waals surface area contributed by atoms with Crippen LogP contribution in [0.15, 0.2) is 17.8 Å². The van der Waals surface area contributed by atoms with E-state index in [-0.39, 0.29) is 5.60 Å². The van der Waals surface area contributed by atoms with Crippen LogP contribution < -0.4 is 0 Å². The quantitative estimate of drug-likeness (QED) is 0.309. The van der Waals surface area contributed by atoms with Crippen molar-refractivity contribution in [2.24, 2.45) is 5.16 Å². The Morgan fingerprint density at radius 1 is 1.62 bits per heavy atom. The van der Waals surface area contributed by atoms with E-state index in [1.54, 1.807) is 6.08 Å². The summed E-state index contributed by atoms with van der Waals surface area (Å²) in [6.45, 7) is 10.4. The van der Waals surface area contributed by atoms with Crippen molar-refractivity contribution in [3.05, 3.63) is 12.7 Å². The van der Waals surface area contributed by atoms with Crippen molar-refractivity contribution in [3.63, 3.8) is 0 Å². The maximum atomic E-state index is 4.77. The number of oxime groups is 1. The molecule has 0 N–H and O–H groups in total. The molecule has 0 aliphatic rings. The molecular weight excluding hydrogens is 102 g/mol. The first-order valence-corrected chi connectivity index (χ1v) is 2.40. The maximum absolute atomic E-state index is 4.77. The fourth-order valence-electron chi connectivity index (χ4n) is 0.204. The second-order valence-corrected chi connectivity index (χ2v) is 2.03. The van der Waals surface area contributed by atoms with Gasteiger partial charge in [-0.3, -0.25) is 0 Å². The van der Waals surface area contributed by atoms with E-state index in [0.717, 1.165) is 0 Å².